The van der Waals surface area contributed by atoms with Crippen LogP contribution in [0.5, 0.6) is 0 Å². The maximum Gasteiger partial charge on any atom is 0.229 e. The molecule has 0 bridgehead atoms. The second-order valence-corrected chi connectivity index (χ2v) is 4.42. The summed E-state index contributed by atoms with van der Waals surface area (Å²) in [5.74, 6) is -0.00963. The molecule has 1 aliphatic heterocycles. The smallest absolute Gasteiger partial charge is 0.229 e. The third-order valence-corrected chi connectivity index (χ3v) is 3.19. The number of nitrogens with zero attached hydrogens (tertiary/aromatic N) is 2. The van der Waals surface area contributed by atoms with Gasteiger partial charge in [-0.05, 0) is 25.0 Å². The number of hydrogen-bond donors (Lipinski definition) is 0. The summed E-state index contributed by atoms with van der Waals surface area (Å²) in [4.78, 5) is 13.6. The molecule has 1 atom stereocenters. The van der Waals surface area contributed by atoms with Crippen LogP contribution < -0.4 is 4.90 Å². The third kappa shape index (κ3) is 2.69. The molecule has 0 radical (unpaired) electrons. The van der Waals surface area contributed by atoms with Crippen LogP contribution in [-0.4, -0.2) is 25.7 Å². The number of ether oxygens (including phenoxy) is 1. The zero-order chi connectivity index (χ0) is 13.0. The number of para-hydroxylation sites is 1. The summed E-state index contributed by atoms with van der Waals surface area (Å²) in [6.45, 7) is 0.746. The van der Waals surface area contributed by atoms with Crippen LogP contribution in [0, 0.1) is 11.3 Å². The minimum atomic E-state index is -0.00963. The molecule has 4 nitrogen and oxygen atoms in total. The topological polar surface area (TPSA) is 53.3 Å². The summed E-state index contributed by atoms with van der Waals surface area (Å²) < 4.78 is 5.45. The number of amides is 1. The van der Waals surface area contributed by atoms with Crippen LogP contribution in [-0.2, 0) is 9.53 Å². The van der Waals surface area contributed by atoms with E-state index in [9.17, 15) is 4.79 Å². The van der Waals surface area contributed by atoms with Gasteiger partial charge in [0.05, 0.1) is 23.8 Å². The molecule has 0 N–H and O–H groups in total. The molecular formula is C14H16N2O2. The molecule has 0 aromatic heterocycles. The lowest BCUT2D eigenvalue weighted by Gasteiger charge is -2.20. The molecule has 4 heteroatoms. The average molecular weight is 244 g/mol. The molecule has 1 fully saturated rings. The maximum absolute atomic E-state index is 12.1. The van der Waals surface area contributed by atoms with Gasteiger partial charge in [-0.15, -0.1) is 0 Å². The zero-order valence-corrected chi connectivity index (χ0v) is 10.4. The molecule has 2 rings (SSSR count). The number of anilines is 1. The minimum absolute atomic E-state index is 0.00963. The van der Waals surface area contributed by atoms with Crippen molar-refractivity contribution in [2.24, 2.45) is 0 Å². The Morgan fingerprint density at radius 2 is 2.33 bits per heavy atom. The van der Waals surface area contributed by atoms with E-state index in [-0.39, 0.29) is 12.0 Å². The number of carbonyl (C=O) groups is 1. The largest absolute Gasteiger partial charge is 0.378 e. The van der Waals surface area contributed by atoms with Gasteiger partial charge in [-0.3, -0.25) is 4.79 Å². The minimum Gasteiger partial charge on any atom is -0.378 e. The van der Waals surface area contributed by atoms with Crippen molar-refractivity contribution in [3.63, 3.8) is 0 Å². The molecule has 0 saturated carbocycles. The van der Waals surface area contributed by atoms with Crippen LogP contribution in [0.3, 0.4) is 0 Å². The van der Waals surface area contributed by atoms with Crippen LogP contribution in [0.4, 0.5) is 5.69 Å². The Hall–Kier alpha value is -1.86. The van der Waals surface area contributed by atoms with Gasteiger partial charge in [0.1, 0.15) is 6.07 Å². The average Bonchev–Trinajstić information content (AvgIpc) is 2.90. The fourth-order valence-electron chi connectivity index (χ4n) is 2.13. The van der Waals surface area contributed by atoms with E-state index in [0.717, 1.165) is 19.4 Å². The van der Waals surface area contributed by atoms with Crippen LogP contribution in [0.2, 0.25) is 0 Å². The number of nitriles is 1. The molecular weight excluding hydrogens is 228 g/mol. The third-order valence-electron chi connectivity index (χ3n) is 3.19. The van der Waals surface area contributed by atoms with Crippen LogP contribution in [0.15, 0.2) is 24.3 Å². The Morgan fingerprint density at radius 1 is 1.56 bits per heavy atom. The van der Waals surface area contributed by atoms with Crippen LogP contribution >= 0.6 is 0 Å². The van der Waals surface area contributed by atoms with E-state index in [1.165, 1.54) is 0 Å². The van der Waals surface area contributed by atoms with Gasteiger partial charge in [0.25, 0.3) is 0 Å². The summed E-state index contributed by atoms with van der Waals surface area (Å²) in [7, 11) is 1.70. The first-order chi connectivity index (χ1) is 8.72. The fraction of sp³-hybridized carbons (Fsp3) is 0.429. The van der Waals surface area contributed by atoms with Gasteiger partial charge in [-0.25, -0.2) is 0 Å². The van der Waals surface area contributed by atoms with E-state index in [4.69, 9.17) is 10.00 Å². The Kier molecular flexibility index (Phi) is 3.96. The van der Waals surface area contributed by atoms with E-state index in [1.54, 1.807) is 30.1 Å². The predicted octanol–water partition coefficient (Wildman–Crippen LogP) is 2.09. The Bertz CT molecular complexity index is 473. The standard InChI is InChI=1S/C14H16N2O2/c1-16(13-7-3-2-5-11(13)10-15)14(17)9-12-6-4-8-18-12/h2-3,5,7,12H,4,6,8-9H2,1H3. The monoisotopic (exact) mass is 244 g/mol. The molecule has 0 aliphatic carbocycles. The van der Waals surface area contributed by atoms with E-state index >= 15 is 0 Å². The summed E-state index contributed by atoms with van der Waals surface area (Å²) in [5.41, 5.74) is 1.17. The van der Waals surface area contributed by atoms with Crippen molar-refractivity contribution in [1.82, 2.24) is 0 Å². The first-order valence-electron chi connectivity index (χ1n) is 6.09. The first kappa shape index (κ1) is 12.6. The Labute approximate surface area is 107 Å². The van der Waals surface area contributed by atoms with E-state index < -0.39 is 0 Å². The van der Waals surface area contributed by atoms with Crippen molar-refractivity contribution in [3.8, 4) is 6.07 Å². The van der Waals surface area contributed by atoms with Gasteiger partial charge in [-0.1, -0.05) is 12.1 Å². The molecule has 1 aliphatic rings. The highest BCUT2D eigenvalue weighted by molar-refractivity contribution is 5.94. The van der Waals surface area contributed by atoms with E-state index in [1.807, 2.05) is 6.07 Å². The SMILES string of the molecule is CN(C(=O)CC1CCCO1)c1ccccc1C#N. The molecule has 1 unspecified atom stereocenters. The molecule has 0 spiro atoms. The number of hydrogen-bond acceptors (Lipinski definition) is 3. The summed E-state index contributed by atoms with van der Waals surface area (Å²) in [6.07, 6.45) is 2.39. The van der Waals surface area contributed by atoms with Crippen LogP contribution in [0.1, 0.15) is 24.8 Å². The van der Waals surface area contributed by atoms with E-state index in [0.29, 0.717) is 17.7 Å². The molecule has 18 heavy (non-hydrogen) atoms. The van der Waals surface area contributed by atoms with Crippen molar-refractivity contribution < 1.29 is 9.53 Å². The summed E-state index contributed by atoms with van der Waals surface area (Å²) >= 11 is 0. The van der Waals surface area contributed by atoms with Gasteiger partial charge in [0.2, 0.25) is 5.91 Å². The van der Waals surface area contributed by atoms with Gasteiger partial charge in [0, 0.05) is 13.7 Å². The lowest BCUT2D eigenvalue weighted by molar-refractivity contribution is -0.120. The highest BCUT2D eigenvalue weighted by Crippen LogP contribution is 2.21. The lowest BCUT2D eigenvalue weighted by atomic mass is 10.1. The first-order valence-corrected chi connectivity index (χ1v) is 6.09. The molecule has 1 aromatic rings. The van der Waals surface area contributed by atoms with Crippen molar-refractivity contribution in [2.45, 2.75) is 25.4 Å². The van der Waals surface area contributed by atoms with Gasteiger partial charge in [0.15, 0.2) is 0 Å². The fourth-order valence-corrected chi connectivity index (χ4v) is 2.13. The molecule has 94 valence electrons. The quantitative estimate of drug-likeness (QED) is 0.818. The second-order valence-electron chi connectivity index (χ2n) is 4.42. The molecule has 1 heterocycles. The summed E-state index contributed by atoms with van der Waals surface area (Å²) in [6, 6.07) is 9.21. The highest BCUT2D eigenvalue weighted by atomic mass is 16.5. The van der Waals surface area contributed by atoms with Gasteiger partial charge < -0.3 is 9.64 Å². The number of rotatable bonds is 3. The maximum atomic E-state index is 12.1. The van der Waals surface area contributed by atoms with E-state index in [2.05, 4.69) is 6.07 Å². The zero-order valence-electron chi connectivity index (χ0n) is 10.4. The van der Waals surface area contributed by atoms with Gasteiger partial charge in [-0.2, -0.15) is 5.26 Å². The highest BCUT2D eigenvalue weighted by Gasteiger charge is 2.22. The number of benzene rings is 1. The van der Waals surface area contributed by atoms with Crippen LogP contribution in [0.25, 0.3) is 0 Å². The van der Waals surface area contributed by atoms with Crippen molar-refractivity contribution >= 4 is 11.6 Å². The normalized spacial score (nSPS) is 18.3. The molecule has 1 amide bonds. The number of carbonyl (C=O) groups excluding carboxylic acids is 1. The predicted molar refractivity (Wildman–Crippen MR) is 68.2 cm³/mol. The van der Waals surface area contributed by atoms with Gasteiger partial charge >= 0.3 is 0 Å². The van der Waals surface area contributed by atoms with Crippen molar-refractivity contribution in [2.75, 3.05) is 18.6 Å². The van der Waals surface area contributed by atoms with Crippen molar-refractivity contribution in [3.05, 3.63) is 29.8 Å². The Morgan fingerprint density at radius 3 is 3.00 bits per heavy atom. The molecule has 1 saturated heterocycles. The Balaban J connectivity index is 2.08. The second kappa shape index (κ2) is 5.65. The van der Waals surface area contributed by atoms with Crippen molar-refractivity contribution in [1.29, 1.82) is 5.26 Å². The summed E-state index contributed by atoms with van der Waals surface area (Å²) in [5, 5.41) is 9.02. The molecule has 1 aromatic carbocycles. The lowest BCUT2D eigenvalue weighted by Crippen LogP contribution is -2.30.